The Kier molecular flexibility index (Phi) is 5.59. The first-order valence-electron chi connectivity index (χ1n) is 6.74. The van der Waals surface area contributed by atoms with Crippen LogP contribution in [-0.4, -0.2) is 32.6 Å². The highest BCUT2D eigenvalue weighted by Crippen LogP contribution is 2.22. The Balaban J connectivity index is 1.90. The zero-order valence-corrected chi connectivity index (χ0v) is 13.1. The van der Waals surface area contributed by atoms with E-state index in [9.17, 15) is 0 Å². The molecule has 3 nitrogen and oxygen atoms in total. The molecule has 1 aromatic carbocycles. The largest absolute Gasteiger partial charge is 0.497 e. The summed E-state index contributed by atoms with van der Waals surface area (Å²) in [5.41, 5.74) is 1.24. The normalized spacial score (nSPS) is 12.6. The maximum Gasteiger partial charge on any atom is 0.119 e. The van der Waals surface area contributed by atoms with Crippen LogP contribution in [0.15, 0.2) is 41.8 Å². The summed E-state index contributed by atoms with van der Waals surface area (Å²) in [6.07, 6.45) is 0. The number of likely N-dealkylation sites (N-methyl/N-ethyl adjacent to an activating group) is 1. The van der Waals surface area contributed by atoms with Crippen molar-refractivity contribution in [2.24, 2.45) is 0 Å². The van der Waals surface area contributed by atoms with Crippen molar-refractivity contribution in [2.75, 3.05) is 27.7 Å². The summed E-state index contributed by atoms with van der Waals surface area (Å²) in [6.45, 7) is 1.79. The van der Waals surface area contributed by atoms with Crippen LogP contribution in [0.3, 0.4) is 0 Å². The molecule has 0 aliphatic carbocycles. The Morgan fingerprint density at radius 1 is 1.25 bits per heavy atom. The first kappa shape index (κ1) is 15.0. The number of nitrogens with one attached hydrogen (secondary N) is 1. The fourth-order valence-electron chi connectivity index (χ4n) is 2.15. The van der Waals surface area contributed by atoms with Crippen LogP contribution in [0.5, 0.6) is 5.75 Å². The second-order valence-electron chi connectivity index (χ2n) is 4.98. The van der Waals surface area contributed by atoms with E-state index in [1.807, 2.05) is 23.5 Å². The number of thiophene rings is 1. The molecule has 0 bridgehead atoms. The van der Waals surface area contributed by atoms with E-state index in [0.717, 1.165) is 18.8 Å². The van der Waals surface area contributed by atoms with Crippen LogP contribution in [-0.2, 0) is 6.54 Å². The number of rotatable bonds is 7. The van der Waals surface area contributed by atoms with Gasteiger partial charge >= 0.3 is 0 Å². The third kappa shape index (κ3) is 4.07. The second kappa shape index (κ2) is 7.43. The van der Waals surface area contributed by atoms with Gasteiger partial charge in [-0.05, 0) is 43.2 Å². The predicted molar refractivity (Wildman–Crippen MR) is 85.4 cm³/mol. The molecular weight excluding hydrogens is 268 g/mol. The topological polar surface area (TPSA) is 24.5 Å². The summed E-state index contributed by atoms with van der Waals surface area (Å²) < 4.78 is 5.25. The van der Waals surface area contributed by atoms with Crippen molar-refractivity contribution >= 4 is 11.3 Å². The van der Waals surface area contributed by atoms with E-state index in [4.69, 9.17) is 4.74 Å². The maximum absolute atomic E-state index is 5.25. The van der Waals surface area contributed by atoms with Crippen molar-refractivity contribution in [1.29, 1.82) is 0 Å². The molecule has 1 heterocycles. The van der Waals surface area contributed by atoms with Gasteiger partial charge in [-0.25, -0.2) is 0 Å². The standard InChI is InChI=1S/C16H22N2OS/c1-18(2)15(16-8-5-9-20-16)12-17-11-13-6-4-7-14(10-13)19-3/h4-10,15,17H,11-12H2,1-3H3. The van der Waals surface area contributed by atoms with Crippen LogP contribution in [0.1, 0.15) is 16.5 Å². The van der Waals surface area contributed by atoms with Gasteiger partial charge in [0.1, 0.15) is 5.75 Å². The molecule has 2 rings (SSSR count). The molecule has 0 fully saturated rings. The molecule has 1 atom stereocenters. The van der Waals surface area contributed by atoms with Crippen LogP contribution in [0.2, 0.25) is 0 Å². The van der Waals surface area contributed by atoms with E-state index in [2.05, 4.69) is 54.0 Å². The molecule has 0 radical (unpaired) electrons. The summed E-state index contributed by atoms with van der Waals surface area (Å²) in [6, 6.07) is 12.9. The van der Waals surface area contributed by atoms with E-state index >= 15 is 0 Å². The number of hydrogen-bond donors (Lipinski definition) is 1. The van der Waals surface area contributed by atoms with Crippen LogP contribution < -0.4 is 10.1 Å². The number of benzene rings is 1. The van der Waals surface area contributed by atoms with Gasteiger partial charge in [0.05, 0.1) is 13.2 Å². The summed E-state index contributed by atoms with van der Waals surface area (Å²) >= 11 is 1.81. The molecule has 0 spiro atoms. The Bertz CT molecular complexity index is 511. The van der Waals surface area contributed by atoms with Gasteiger partial charge < -0.3 is 15.0 Å². The lowest BCUT2D eigenvalue weighted by Crippen LogP contribution is -2.30. The molecule has 108 valence electrons. The molecule has 0 aliphatic heterocycles. The summed E-state index contributed by atoms with van der Waals surface area (Å²) in [7, 11) is 5.95. The molecule has 1 N–H and O–H groups in total. The highest BCUT2D eigenvalue weighted by atomic mass is 32.1. The summed E-state index contributed by atoms with van der Waals surface area (Å²) in [5, 5.41) is 5.66. The number of ether oxygens (including phenoxy) is 1. The number of nitrogens with zero attached hydrogens (tertiary/aromatic N) is 1. The lowest BCUT2D eigenvalue weighted by atomic mass is 10.2. The minimum absolute atomic E-state index is 0.417. The third-order valence-electron chi connectivity index (χ3n) is 3.30. The van der Waals surface area contributed by atoms with Crippen LogP contribution in [0, 0.1) is 0 Å². The van der Waals surface area contributed by atoms with Gasteiger partial charge in [-0.1, -0.05) is 18.2 Å². The van der Waals surface area contributed by atoms with E-state index in [1.165, 1.54) is 10.4 Å². The van der Waals surface area contributed by atoms with Gasteiger partial charge in [0.2, 0.25) is 0 Å². The van der Waals surface area contributed by atoms with Gasteiger partial charge in [0.25, 0.3) is 0 Å². The molecule has 0 amide bonds. The quantitative estimate of drug-likeness (QED) is 0.848. The summed E-state index contributed by atoms with van der Waals surface area (Å²) in [5.74, 6) is 0.909. The Hall–Kier alpha value is -1.36. The highest BCUT2D eigenvalue weighted by Gasteiger charge is 2.14. The SMILES string of the molecule is COc1cccc(CNCC(c2cccs2)N(C)C)c1. The Labute approximate surface area is 125 Å². The van der Waals surface area contributed by atoms with E-state index in [0.29, 0.717) is 6.04 Å². The average molecular weight is 290 g/mol. The molecule has 1 unspecified atom stereocenters. The fraction of sp³-hybridized carbons (Fsp3) is 0.375. The van der Waals surface area contributed by atoms with Crippen LogP contribution in [0.25, 0.3) is 0 Å². The van der Waals surface area contributed by atoms with Crippen molar-refractivity contribution in [2.45, 2.75) is 12.6 Å². The molecule has 0 saturated heterocycles. The smallest absolute Gasteiger partial charge is 0.119 e. The monoisotopic (exact) mass is 290 g/mol. The number of methoxy groups -OCH3 is 1. The van der Waals surface area contributed by atoms with Crippen molar-refractivity contribution in [3.05, 3.63) is 52.2 Å². The van der Waals surface area contributed by atoms with Crippen molar-refractivity contribution in [1.82, 2.24) is 10.2 Å². The minimum atomic E-state index is 0.417. The zero-order chi connectivity index (χ0) is 14.4. The highest BCUT2D eigenvalue weighted by molar-refractivity contribution is 7.10. The van der Waals surface area contributed by atoms with Crippen LogP contribution in [0.4, 0.5) is 0 Å². The van der Waals surface area contributed by atoms with Gasteiger partial charge in [-0.15, -0.1) is 11.3 Å². The third-order valence-corrected chi connectivity index (χ3v) is 4.27. The first-order chi connectivity index (χ1) is 9.70. The van der Waals surface area contributed by atoms with Crippen molar-refractivity contribution in [3.8, 4) is 5.75 Å². The minimum Gasteiger partial charge on any atom is -0.497 e. The lowest BCUT2D eigenvalue weighted by molar-refractivity contribution is 0.292. The second-order valence-corrected chi connectivity index (χ2v) is 5.96. The van der Waals surface area contributed by atoms with Gasteiger partial charge in [-0.3, -0.25) is 0 Å². The van der Waals surface area contributed by atoms with Crippen molar-refractivity contribution < 1.29 is 4.74 Å². The molecule has 0 saturated carbocycles. The van der Waals surface area contributed by atoms with E-state index in [-0.39, 0.29) is 0 Å². The van der Waals surface area contributed by atoms with Gasteiger partial charge in [-0.2, -0.15) is 0 Å². The lowest BCUT2D eigenvalue weighted by Gasteiger charge is -2.23. The van der Waals surface area contributed by atoms with Crippen LogP contribution >= 0.6 is 11.3 Å². The van der Waals surface area contributed by atoms with E-state index in [1.54, 1.807) is 7.11 Å². The molecule has 4 heteroatoms. The molecule has 2 aromatic rings. The van der Waals surface area contributed by atoms with Crippen molar-refractivity contribution in [3.63, 3.8) is 0 Å². The first-order valence-corrected chi connectivity index (χ1v) is 7.62. The van der Waals surface area contributed by atoms with E-state index < -0.39 is 0 Å². The maximum atomic E-state index is 5.25. The Morgan fingerprint density at radius 2 is 2.10 bits per heavy atom. The molecule has 1 aromatic heterocycles. The average Bonchev–Trinajstić information content (AvgIpc) is 2.97. The Morgan fingerprint density at radius 3 is 2.75 bits per heavy atom. The van der Waals surface area contributed by atoms with Gasteiger partial charge in [0.15, 0.2) is 0 Å². The molecular formula is C16H22N2OS. The number of hydrogen-bond acceptors (Lipinski definition) is 4. The summed E-state index contributed by atoms with van der Waals surface area (Å²) in [4.78, 5) is 3.65. The zero-order valence-electron chi connectivity index (χ0n) is 12.3. The van der Waals surface area contributed by atoms with Gasteiger partial charge in [0, 0.05) is 18.0 Å². The molecule has 0 aliphatic rings. The predicted octanol–water partition coefficient (Wildman–Crippen LogP) is 3.15. The fourth-order valence-corrected chi connectivity index (χ4v) is 3.08. The molecule has 20 heavy (non-hydrogen) atoms.